The van der Waals surface area contributed by atoms with Gasteiger partial charge in [-0.2, -0.15) is 0 Å². The highest BCUT2D eigenvalue weighted by atomic mass is 14.9. The summed E-state index contributed by atoms with van der Waals surface area (Å²) in [6.45, 7) is 2.22. The minimum Gasteiger partial charge on any atom is -0.201 e. The van der Waals surface area contributed by atoms with Gasteiger partial charge < -0.3 is 0 Å². The van der Waals surface area contributed by atoms with Crippen molar-refractivity contribution in [2.24, 2.45) is 7.05 Å². The van der Waals surface area contributed by atoms with Crippen LogP contribution in [0, 0.1) is 6.92 Å². The van der Waals surface area contributed by atoms with Gasteiger partial charge in [0.2, 0.25) is 5.69 Å². The summed E-state index contributed by atoms with van der Waals surface area (Å²) in [5.41, 5.74) is 12.3. The van der Waals surface area contributed by atoms with E-state index in [9.17, 15) is 0 Å². The van der Waals surface area contributed by atoms with E-state index in [1.165, 1.54) is 119 Å². The van der Waals surface area contributed by atoms with Crippen molar-refractivity contribution < 1.29 is 4.57 Å². The van der Waals surface area contributed by atoms with Crippen LogP contribution < -0.4 is 4.57 Å². The number of aryl methyl sites for hydroxylation is 2. The highest BCUT2D eigenvalue weighted by Crippen LogP contribution is 2.40. The van der Waals surface area contributed by atoms with Crippen LogP contribution in [0.1, 0.15) is 86.3 Å². The average Bonchev–Trinajstić information content (AvgIpc) is 3.57. The predicted molar refractivity (Wildman–Crippen MR) is 173 cm³/mol. The fraction of sp³-hybridized carbons (Fsp3) is 0.325. The first-order chi connectivity index (χ1) is 20.1. The van der Waals surface area contributed by atoms with E-state index >= 15 is 0 Å². The van der Waals surface area contributed by atoms with E-state index in [1.807, 2.05) is 0 Å². The molecule has 0 radical (unpaired) electrons. The Hall–Kier alpha value is -3.71. The molecule has 4 aromatic carbocycles. The number of nitrogens with zero attached hydrogens (tertiary/aromatic N) is 1. The summed E-state index contributed by atoms with van der Waals surface area (Å²) in [5.74, 6) is 1.41. The first kappa shape index (κ1) is 26.2. The highest BCUT2D eigenvalue weighted by molar-refractivity contribution is 5.91. The molecular weight excluding hydrogens is 494 g/mol. The Labute approximate surface area is 245 Å². The Morgan fingerprint density at radius 1 is 0.561 bits per heavy atom. The molecule has 7 rings (SSSR count). The Bertz CT molecular complexity index is 1680. The second-order valence-corrected chi connectivity index (χ2v) is 12.7. The van der Waals surface area contributed by atoms with Crippen molar-refractivity contribution in [2.45, 2.75) is 76.5 Å². The zero-order chi connectivity index (χ0) is 27.8. The molecular formula is C40H42N+. The van der Waals surface area contributed by atoms with Crippen LogP contribution in [0.3, 0.4) is 0 Å². The molecule has 0 atom stereocenters. The third-order valence-electron chi connectivity index (χ3n) is 9.99. The van der Waals surface area contributed by atoms with Gasteiger partial charge in [0, 0.05) is 17.2 Å². The largest absolute Gasteiger partial charge is 0.213 e. The molecule has 0 saturated heterocycles. The first-order valence-corrected chi connectivity index (χ1v) is 15.9. The molecule has 206 valence electrons. The van der Waals surface area contributed by atoms with Crippen molar-refractivity contribution in [1.82, 2.24) is 0 Å². The Morgan fingerprint density at radius 2 is 1.17 bits per heavy atom. The molecule has 41 heavy (non-hydrogen) atoms. The molecule has 2 fully saturated rings. The van der Waals surface area contributed by atoms with Crippen molar-refractivity contribution in [3.63, 3.8) is 0 Å². The van der Waals surface area contributed by atoms with Crippen LogP contribution >= 0.6 is 0 Å². The number of pyridine rings is 1. The average molecular weight is 537 g/mol. The lowest BCUT2D eigenvalue weighted by molar-refractivity contribution is -0.660. The first-order valence-electron chi connectivity index (χ1n) is 15.9. The van der Waals surface area contributed by atoms with E-state index in [4.69, 9.17) is 0 Å². The summed E-state index contributed by atoms with van der Waals surface area (Å²) < 4.78 is 2.36. The molecule has 0 amide bonds. The maximum Gasteiger partial charge on any atom is 0.213 e. The van der Waals surface area contributed by atoms with Gasteiger partial charge in [0.1, 0.15) is 7.05 Å². The predicted octanol–water partition coefficient (Wildman–Crippen LogP) is 10.7. The summed E-state index contributed by atoms with van der Waals surface area (Å²) in [6, 6.07) is 34.8. The van der Waals surface area contributed by atoms with E-state index in [1.54, 1.807) is 0 Å². The fourth-order valence-electron chi connectivity index (χ4n) is 7.59. The molecule has 1 heteroatoms. The standard InChI is InChI=1S/C40H42N/c1-28-10-6-9-15-37(28)40-26-38(39(27-41(40)2)32-13-4-3-5-14-32)36-23-22-34-24-33(20-21-35(34)25-36)31-18-16-30(17-19-31)29-11-7-8-12-29/h6,9-10,15-27,29,32H,3-5,7-8,11-14H2,1-2H3/q+1. The maximum atomic E-state index is 2.47. The monoisotopic (exact) mass is 536 g/mol. The lowest BCUT2D eigenvalue weighted by atomic mass is 9.81. The summed E-state index contributed by atoms with van der Waals surface area (Å²) in [4.78, 5) is 0. The fourth-order valence-corrected chi connectivity index (χ4v) is 7.59. The van der Waals surface area contributed by atoms with Gasteiger partial charge >= 0.3 is 0 Å². The van der Waals surface area contributed by atoms with Gasteiger partial charge in [-0.3, -0.25) is 0 Å². The zero-order valence-electron chi connectivity index (χ0n) is 24.7. The molecule has 1 aromatic heterocycles. The van der Waals surface area contributed by atoms with Gasteiger partial charge in [-0.15, -0.1) is 0 Å². The molecule has 0 spiro atoms. The second-order valence-electron chi connectivity index (χ2n) is 12.7. The number of hydrogen-bond acceptors (Lipinski definition) is 0. The number of fused-ring (bicyclic) bond motifs is 1. The SMILES string of the molecule is Cc1ccccc1-c1cc(-c2ccc3cc(-c4ccc(C5CCCC5)cc4)ccc3c2)c(C2CCCCC2)c[n+]1C. The van der Waals surface area contributed by atoms with Crippen molar-refractivity contribution in [2.75, 3.05) is 0 Å². The normalized spacial score (nSPS) is 16.4. The molecule has 0 N–H and O–H groups in total. The van der Waals surface area contributed by atoms with Gasteiger partial charge in [0.25, 0.3) is 0 Å². The quantitative estimate of drug-likeness (QED) is 0.197. The van der Waals surface area contributed by atoms with Gasteiger partial charge in [-0.05, 0) is 107 Å². The van der Waals surface area contributed by atoms with E-state index in [-0.39, 0.29) is 0 Å². The number of rotatable bonds is 5. The summed E-state index contributed by atoms with van der Waals surface area (Å²) in [5, 5.41) is 2.63. The number of aromatic nitrogens is 1. The van der Waals surface area contributed by atoms with Gasteiger partial charge in [-0.25, -0.2) is 4.57 Å². The van der Waals surface area contributed by atoms with Crippen LogP contribution in [-0.2, 0) is 7.05 Å². The van der Waals surface area contributed by atoms with Crippen molar-refractivity contribution in [3.05, 3.63) is 114 Å². The molecule has 0 bridgehead atoms. The van der Waals surface area contributed by atoms with E-state index < -0.39 is 0 Å². The van der Waals surface area contributed by atoms with E-state index in [2.05, 4.69) is 116 Å². The van der Waals surface area contributed by atoms with Gasteiger partial charge in [0.15, 0.2) is 6.20 Å². The van der Waals surface area contributed by atoms with E-state index in [0.29, 0.717) is 5.92 Å². The van der Waals surface area contributed by atoms with Crippen LogP contribution in [0.25, 0.3) is 44.3 Å². The minimum absolute atomic E-state index is 0.640. The molecule has 2 aliphatic rings. The Kier molecular flexibility index (Phi) is 7.21. The van der Waals surface area contributed by atoms with Gasteiger partial charge in [0.05, 0.1) is 0 Å². The third-order valence-corrected chi connectivity index (χ3v) is 9.99. The number of benzene rings is 4. The molecule has 2 saturated carbocycles. The van der Waals surface area contributed by atoms with Crippen molar-refractivity contribution in [3.8, 4) is 33.5 Å². The maximum absolute atomic E-state index is 2.47. The van der Waals surface area contributed by atoms with Gasteiger partial charge in [-0.1, -0.05) is 98.8 Å². The highest BCUT2D eigenvalue weighted by Gasteiger charge is 2.25. The summed E-state index contributed by atoms with van der Waals surface area (Å²) in [7, 11) is 2.22. The van der Waals surface area contributed by atoms with Crippen LogP contribution in [0.15, 0.2) is 97.2 Å². The summed E-state index contributed by atoms with van der Waals surface area (Å²) in [6.07, 6.45) is 14.6. The molecule has 2 aliphatic carbocycles. The lowest BCUT2D eigenvalue weighted by Gasteiger charge is -2.24. The Morgan fingerprint density at radius 3 is 1.90 bits per heavy atom. The third kappa shape index (κ3) is 5.23. The molecule has 1 heterocycles. The topological polar surface area (TPSA) is 3.88 Å². The molecule has 0 unspecified atom stereocenters. The minimum atomic E-state index is 0.640. The molecule has 0 aliphatic heterocycles. The summed E-state index contributed by atoms with van der Waals surface area (Å²) >= 11 is 0. The second kappa shape index (κ2) is 11.3. The smallest absolute Gasteiger partial charge is 0.201 e. The Balaban J connectivity index is 1.27. The van der Waals surface area contributed by atoms with Crippen LogP contribution in [-0.4, -0.2) is 0 Å². The molecule has 1 nitrogen and oxygen atoms in total. The lowest BCUT2D eigenvalue weighted by Crippen LogP contribution is -2.32. The van der Waals surface area contributed by atoms with Crippen LogP contribution in [0.2, 0.25) is 0 Å². The van der Waals surface area contributed by atoms with Crippen LogP contribution in [0.4, 0.5) is 0 Å². The number of hydrogen-bond donors (Lipinski definition) is 0. The zero-order valence-corrected chi connectivity index (χ0v) is 24.7. The molecule has 5 aromatic rings. The van der Waals surface area contributed by atoms with Crippen molar-refractivity contribution in [1.29, 1.82) is 0 Å². The van der Waals surface area contributed by atoms with E-state index in [0.717, 1.165) is 5.92 Å². The van der Waals surface area contributed by atoms with Crippen LogP contribution in [0.5, 0.6) is 0 Å². The van der Waals surface area contributed by atoms with Crippen molar-refractivity contribution >= 4 is 10.8 Å².